The number of rotatable bonds is 4. The number of pyridine rings is 1. The van der Waals surface area contributed by atoms with E-state index in [-0.39, 0.29) is 0 Å². The van der Waals surface area contributed by atoms with Crippen LogP contribution in [0.5, 0.6) is 0 Å². The van der Waals surface area contributed by atoms with Crippen LogP contribution >= 0.6 is 0 Å². The first-order chi connectivity index (χ1) is 28.2. The van der Waals surface area contributed by atoms with Crippen LogP contribution in [-0.4, -0.2) is 24.1 Å². The minimum absolute atomic E-state index is 0.617. The van der Waals surface area contributed by atoms with Crippen molar-refractivity contribution >= 4 is 60.5 Å². The van der Waals surface area contributed by atoms with Crippen molar-refractivity contribution in [2.75, 3.05) is 0 Å². The molecule has 0 amide bonds. The summed E-state index contributed by atoms with van der Waals surface area (Å²) in [5, 5.41) is 7.15. The molecular formula is C52H35N5. The van der Waals surface area contributed by atoms with Gasteiger partial charge in [0.25, 0.3) is 0 Å². The fraction of sp³-hybridized carbons (Fsp3) is 0.0192. The Labute approximate surface area is 329 Å². The van der Waals surface area contributed by atoms with Gasteiger partial charge >= 0.3 is 0 Å². The van der Waals surface area contributed by atoms with Crippen molar-refractivity contribution in [2.24, 2.45) is 0 Å². The van der Waals surface area contributed by atoms with Crippen LogP contribution in [-0.2, 0) is 6.42 Å². The highest BCUT2D eigenvalue weighted by molar-refractivity contribution is 6.21. The Morgan fingerprint density at radius 2 is 1.30 bits per heavy atom. The molecule has 5 nitrogen and oxygen atoms in total. The van der Waals surface area contributed by atoms with Gasteiger partial charge in [0.2, 0.25) is 5.95 Å². The molecular weight excluding hydrogens is 695 g/mol. The second-order valence-electron chi connectivity index (χ2n) is 14.5. The van der Waals surface area contributed by atoms with Crippen LogP contribution in [0.15, 0.2) is 194 Å². The van der Waals surface area contributed by atoms with Gasteiger partial charge in [-0.15, -0.1) is 0 Å². The second kappa shape index (κ2) is 13.3. The van der Waals surface area contributed by atoms with Gasteiger partial charge in [-0.3, -0.25) is 9.55 Å². The lowest BCUT2D eigenvalue weighted by Gasteiger charge is -2.13. The largest absolute Gasteiger partial charge is 0.309 e. The zero-order valence-corrected chi connectivity index (χ0v) is 31.0. The number of fused-ring (bicyclic) bond motifs is 9. The third-order valence-corrected chi connectivity index (χ3v) is 11.2. The Hall–Kier alpha value is -7.63. The van der Waals surface area contributed by atoms with E-state index in [4.69, 9.17) is 9.97 Å². The summed E-state index contributed by atoms with van der Waals surface area (Å²) in [7, 11) is 0. The molecule has 6 aromatic carbocycles. The Balaban J connectivity index is 1.16. The van der Waals surface area contributed by atoms with Crippen LogP contribution in [0.25, 0.3) is 94.6 Å². The summed E-state index contributed by atoms with van der Waals surface area (Å²) in [5.41, 5.74) is 12.4. The van der Waals surface area contributed by atoms with Crippen LogP contribution < -0.4 is 0 Å². The topological polar surface area (TPSA) is 48.5 Å². The Kier molecular flexibility index (Phi) is 7.64. The molecule has 0 saturated carbocycles. The maximum absolute atomic E-state index is 5.42. The van der Waals surface area contributed by atoms with E-state index in [2.05, 4.69) is 172 Å². The van der Waals surface area contributed by atoms with Crippen LogP contribution in [0.2, 0.25) is 0 Å². The molecule has 1 aliphatic rings. The number of aromatic nitrogens is 5. The third-order valence-electron chi connectivity index (χ3n) is 11.2. The monoisotopic (exact) mass is 729 g/mol. The van der Waals surface area contributed by atoms with Crippen molar-refractivity contribution in [3.63, 3.8) is 0 Å². The molecule has 5 heteroatoms. The van der Waals surface area contributed by atoms with Gasteiger partial charge in [-0.05, 0) is 82.9 Å². The van der Waals surface area contributed by atoms with Crippen molar-refractivity contribution in [1.82, 2.24) is 24.1 Å². The van der Waals surface area contributed by atoms with E-state index in [1.807, 2.05) is 36.5 Å². The molecule has 0 aliphatic heterocycles. The lowest BCUT2D eigenvalue weighted by atomic mass is 10.0. The summed E-state index contributed by atoms with van der Waals surface area (Å²) in [4.78, 5) is 15.3. The summed E-state index contributed by atoms with van der Waals surface area (Å²) < 4.78 is 4.64. The standard InChI is InChI=1S/C52H35N5/c1-34-13-3-2-4-16-40-43-33-38(56-46-21-10-8-18-42(46)50-39-15-6-5-14-35(39)27-30-49(50)56)28-31-48(43)57(47(40)29-22-34)52-54-45-20-9-7-17-41(45)51(55-52)37-25-23-36(24-26-37)44-19-11-12-32-53-44/h2-15,17-33H,1,16H2/b4-2-,13-3-,29-22?. The molecule has 10 aromatic rings. The van der Waals surface area contributed by atoms with Crippen LogP contribution in [0.3, 0.4) is 0 Å². The summed E-state index contributed by atoms with van der Waals surface area (Å²) in [6, 6.07) is 51.5. The predicted molar refractivity (Wildman–Crippen MR) is 237 cm³/mol. The van der Waals surface area contributed by atoms with E-state index in [9.17, 15) is 0 Å². The lowest BCUT2D eigenvalue weighted by Crippen LogP contribution is -2.06. The SMILES string of the molecule is C=C1C=Cc2c(c3cc(-n4c5ccccc5c5c6ccccc6ccc54)ccc3n2-c2nc(-c3ccc(-c4ccccn4)cc3)c3ccccc3n2)C/C=C\C=C/1. The first-order valence-corrected chi connectivity index (χ1v) is 19.3. The van der Waals surface area contributed by atoms with E-state index in [0.29, 0.717) is 5.95 Å². The molecule has 11 rings (SSSR count). The molecule has 4 aromatic heterocycles. The fourth-order valence-corrected chi connectivity index (χ4v) is 8.53. The van der Waals surface area contributed by atoms with Crippen LogP contribution in [0.4, 0.5) is 0 Å². The zero-order chi connectivity index (χ0) is 37.9. The quantitative estimate of drug-likeness (QED) is 0.181. The molecule has 268 valence electrons. The van der Waals surface area contributed by atoms with Crippen molar-refractivity contribution in [3.8, 4) is 34.2 Å². The number of hydrogen-bond acceptors (Lipinski definition) is 3. The summed E-state index contributed by atoms with van der Waals surface area (Å²) in [6.07, 6.45) is 15.2. The van der Waals surface area contributed by atoms with E-state index in [0.717, 1.165) is 67.7 Å². The van der Waals surface area contributed by atoms with Gasteiger partial charge in [0.05, 0.1) is 39.1 Å². The van der Waals surface area contributed by atoms with Crippen molar-refractivity contribution in [1.29, 1.82) is 0 Å². The highest BCUT2D eigenvalue weighted by atomic mass is 15.2. The zero-order valence-electron chi connectivity index (χ0n) is 31.0. The Morgan fingerprint density at radius 3 is 2.18 bits per heavy atom. The molecule has 4 heterocycles. The van der Waals surface area contributed by atoms with Crippen molar-refractivity contribution in [3.05, 3.63) is 206 Å². The summed E-state index contributed by atoms with van der Waals surface area (Å²) in [5.74, 6) is 0.617. The molecule has 57 heavy (non-hydrogen) atoms. The minimum Gasteiger partial charge on any atom is -0.309 e. The van der Waals surface area contributed by atoms with E-state index in [1.54, 1.807) is 0 Å². The van der Waals surface area contributed by atoms with Crippen molar-refractivity contribution in [2.45, 2.75) is 6.42 Å². The average Bonchev–Trinajstić information content (AvgIpc) is 3.78. The van der Waals surface area contributed by atoms with Gasteiger partial charge in [0.15, 0.2) is 0 Å². The normalized spacial score (nSPS) is 14.1. The van der Waals surface area contributed by atoms with Crippen LogP contribution in [0, 0.1) is 0 Å². The van der Waals surface area contributed by atoms with Gasteiger partial charge in [0.1, 0.15) is 0 Å². The predicted octanol–water partition coefficient (Wildman–Crippen LogP) is 12.8. The molecule has 0 bridgehead atoms. The molecule has 0 unspecified atom stereocenters. The van der Waals surface area contributed by atoms with E-state index < -0.39 is 0 Å². The van der Waals surface area contributed by atoms with Gasteiger partial charge in [-0.25, -0.2) is 9.97 Å². The molecule has 0 saturated heterocycles. The van der Waals surface area contributed by atoms with Gasteiger partial charge in [-0.2, -0.15) is 0 Å². The van der Waals surface area contributed by atoms with Gasteiger partial charge < -0.3 is 4.57 Å². The minimum atomic E-state index is 0.617. The molecule has 1 aliphatic carbocycles. The van der Waals surface area contributed by atoms with Crippen molar-refractivity contribution < 1.29 is 0 Å². The van der Waals surface area contributed by atoms with E-state index >= 15 is 0 Å². The Morgan fingerprint density at radius 1 is 0.544 bits per heavy atom. The fourth-order valence-electron chi connectivity index (χ4n) is 8.53. The molecule has 0 fully saturated rings. The number of benzene rings is 6. The number of para-hydroxylation sites is 2. The maximum atomic E-state index is 5.42. The lowest BCUT2D eigenvalue weighted by molar-refractivity contribution is 0.965. The molecule has 0 spiro atoms. The van der Waals surface area contributed by atoms with Crippen LogP contribution in [0.1, 0.15) is 11.3 Å². The van der Waals surface area contributed by atoms with Gasteiger partial charge in [-0.1, -0.05) is 134 Å². The Bertz CT molecular complexity index is 3320. The first kappa shape index (κ1) is 32.8. The smallest absolute Gasteiger partial charge is 0.235 e. The molecule has 0 atom stereocenters. The maximum Gasteiger partial charge on any atom is 0.235 e. The molecule has 0 radical (unpaired) electrons. The van der Waals surface area contributed by atoms with Gasteiger partial charge in [0, 0.05) is 44.6 Å². The summed E-state index contributed by atoms with van der Waals surface area (Å²) >= 11 is 0. The number of hydrogen-bond donors (Lipinski definition) is 0. The molecule has 0 N–H and O–H groups in total. The first-order valence-electron chi connectivity index (χ1n) is 19.3. The highest BCUT2D eigenvalue weighted by Gasteiger charge is 2.22. The average molecular weight is 730 g/mol. The second-order valence-corrected chi connectivity index (χ2v) is 14.5. The number of allylic oxidation sites excluding steroid dienone is 6. The highest BCUT2D eigenvalue weighted by Crippen LogP contribution is 2.40. The third kappa shape index (κ3) is 5.43. The summed E-state index contributed by atoms with van der Waals surface area (Å²) in [6.45, 7) is 4.31. The number of nitrogens with zero attached hydrogens (tertiary/aromatic N) is 5. The van der Waals surface area contributed by atoms with E-state index in [1.165, 1.54) is 38.1 Å².